The van der Waals surface area contributed by atoms with Crippen LogP contribution in [0.15, 0.2) is 36.8 Å². The maximum atomic E-state index is 12.5. The highest BCUT2D eigenvalue weighted by Crippen LogP contribution is 2.22. The zero-order valence-corrected chi connectivity index (χ0v) is 13.9. The van der Waals surface area contributed by atoms with E-state index in [9.17, 15) is 4.79 Å². The topological polar surface area (TPSA) is 71.5 Å². The molecule has 7 nitrogen and oxygen atoms in total. The lowest BCUT2D eigenvalue weighted by atomic mass is 10.1. The molecular weight excluding hydrogens is 306 g/mol. The van der Waals surface area contributed by atoms with Crippen LogP contribution in [0.3, 0.4) is 0 Å². The van der Waals surface area contributed by atoms with E-state index in [2.05, 4.69) is 15.0 Å². The number of ether oxygens (including phenoxy) is 1. The molecule has 3 heterocycles. The van der Waals surface area contributed by atoms with E-state index in [1.165, 1.54) is 0 Å². The molecule has 3 rings (SSSR count). The zero-order chi connectivity index (χ0) is 16.9. The van der Waals surface area contributed by atoms with Gasteiger partial charge in [-0.15, -0.1) is 0 Å². The molecule has 1 fully saturated rings. The summed E-state index contributed by atoms with van der Waals surface area (Å²) in [5, 5.41) is 0. The molecule has 0 radical (unpaired) electrons. The molecule has 1 atom stereocenters. The molecular formula is C17H21N5O2. The molecule has 24 heavy (non-hydrogen) atoms. The third kappa shape index (κ3) is 3.86. The number of hydrogen-bond donors (Lipinski definition) is 0. The Balaban J connectivity index is 1.68. The molecule has 2 aromatic heterocycles. The molecule has 0 aliphatic carbocycles. The predicted molar refractivity (Wildman–Crippen MR) is 89.6 cm³/mol. The molecule has 2 aromatic rings. The van der Waals surface area contributed by atoms with Gasteiger partial charge < -0.3 is 14.5 Å². The summed E-state index contributed by atoms with van der Waals surface area (Å²) in [6, 6.07) is 5.60. The van der Waals surface area contributed by atoms with Crippen LogP contribution in [0.2, 0.25) is 0 Å². The van der Waals surface area contributed by atoms with Crippen LogP contribution in [0.5, 0.6) is 0 Å². The first-order chi connectivity index (χ1) is 11.6. The predicted octanol–water partition coefficient (Wildman–Crippen LogP) is 1.08. The summed E-state index contributed by atoms with van der Waals surface area (Å²) in [5.74, 6) is 0.716. The maximum absolute atomic E-state index is 12.5. The van der Waals surface area contributed by atoms with Crippen LogP contribution in [0.25, 0.3) is 0 Å². The van der Waals surface area contributed by atoms with E-state index in [-0.39, 0.29) is 12.0 Å². The Morgan fingerprint density at radius 3 is 3.00 bits per heavy atom. The van der Waals surface area contributed by atoms with Gasteiger partial charge in [0.2, 0.25) is 11.9 Å². The van der Waals surface area contributed by atoms with Crippen LogP contribution in [0.4, 0.5) is 5.95 Å². The summed E-state index contributed by atoms with van der Waals surface area (Å²) in [6.45, 7) is 1.61. The second-order valence-electron chi connectivity index (χ2n) is 5.91. The quantitative estimate of drug-likeness (QED) is 0.837. The fourth-order valence-corrected chi connectivity index (χ4v) is 2.60. The zero-order valence-electron chi connectivity index (χ0n) is 13.9. The van der Waals surface area contributed by atoms with Crippen molar-refractivity contribution in [2.45, 2.75) is 12.5 Å². The van der Waals surface area contributed by atoms with Gasteiger partial charge in [-0.25, -0.2) is 9.97 Å². The minimum absolute atomic E-state index is 0.0817. The number of hydrogen-bond acceptors (Lipinski definition) is 6. The molecule has 7 heteroatoms. The van der Waals surface area contributed by atoms with Crippen molar-refractivity contribution in [3.05, 3.63) is 48.0 Å². The minimum atomic E-state index is -0.224. The highest BCUT2D eigenvalue weighted by Gasteiger charge is 2.26. The molecule has 0 aromatic carbocycles. The molecule has 1 amide bonds. The van der Waals surface area contributed by atoms with Crippen molar-refractivity contribution < 1.29 is 9.53 Å². The van der Waals surface area contributed by atoms with Gasteiger partial charge in [0.05, 0.1) is 25.3 Å². The van der Waals surface area contributed by atoms with Crippen molar-refractivity contribution >= 4 is 11.9 Å². The summed E-state index contributed by atoms with van der Waals surface area (Å²) in [4.78, 5) is 29.0. The Morgan fingerprint density at radius 2 is 2.25 bits per heavy atom. The van der Waals surface area contributed by atoms with E-state index in [0.29, 0.717) is 32.1 Å². The lowest BCUT2D eigenvalue weighted by Gasteiger charge is -2.33. The first kappa shape index (κ1) is 16.3. The molecule has 0 N–H and O–H groups in total. The molecule has 1 saturated heterocycles. The Kier molecular flexibility index (Phi) is 5.00. The van der Waals surface area contributed by atoms with E-state index in [1.54, 1.807) is 18.6 Å². The Morgan fingerprint density at radius 1 is 1.38 bits per heavy atom. The largest absolute Gasteiger partial charge is 0.368 e. The maximum Gasteiger partial charge on any atom is 0.227 e. The van der Waals surface area contributed by atoms with Gasteiger partial charge in [0, 0.05) is 39.2 Å². The van der Waals surface area contributed by atoms with Gasteiger partial charge in [-0.1, -0.05) is 6.07 Å². The molecule has 0 saturated carbocycles. The molecule has 1 aliphatic rings. The lowest BCUT2D eigenvalue weighted by molar-refractivity contribution is -0.138. The summed E-state index contributed by atoms with van der Waals surface area (Å²) >= 11 is 0. The van der Waals surface area contributed by atoms with Crippen LogP contribution in [-0.2, 0) is 16.0 Å². The second kappa shape index (κ2) is 7.35. The summed E-state index contributed by atoms with van der Waals surface area (Å²) in [6.07, 6.45) is 5.28. The van der Waals surface area contributed by atoms with Crippen molar-refractivity contribution in [1.29, 1.82) is 0 Å². The van der Waals surface area contributed by atoms with Gasteiger partial charge in [0.15, 0.2) is 0 Å². The third-order valence-corrected chi connectivity index (χ3v) is 3.89. The normalized spacial score (nSPS) is 17.6. The van der Waals surface area contributed by atoms with Crippen molar-refractivity contribution in [1.82, 2.24) is 19.9 Å². The minimum Gasteiger partial charge on any atom is -0.368 e. The van der Waals surface area contributed by atoms with E-state index in [1.807, 2.05) is 42.1 Å². The van der Waals surface area contributed by atoms with Gasteiger partial charge >= 0.3 is 0 Å². The Labute approximate surface area is 141 Å². The highest BCUT2D eigenvalue weighted by atomic mass is 16.5. The lowest BCUT2D eigenvalue weighted by Crippen LogP contribution is -2.43. The van der Waals surface area contributed by atoms with Crippen molar-refractivity contribution in [3.63, 3.8) is 0 Å². The number of carbonyl (C=O) groups excluding carboxylic acids is 1. The molecule has 126 valence electrons. The summed E-state index contributed by atoms with van der Waals surface area (Å²) < 4.78 is 5.81. The van der Waals surface area contributed by atoms with Gasteiger partial charge in [-0.05, 0) is 17.7 Å². The molecule has 0 unspecified atom stereocenters. The van der Waals surface area contributed by atoms with Gasteiger partial charge in [-0.2, -0.15) is 0 Å². The number of rotatable bonds is 4. The van der Waals surface area contributed by atoms with Crippen molar-refractivity contribution in [2.75, 3.05) is 38.7 Å². The van der Waals surface area contributed by atoms with E-state index in [4.69, 9.17) is 4.74 Å². The summed E-state index contributed by atoms with van der Waals surface area (Å²) in [7, 11) is 3.79. The highest BCUT2D eigenvalue weighted by molar-refractivity contribution is 5.78. The van der Waals surface area contributed by atoms with Crippen LogP contribution >= 0.6 is 0 Å². The number of pyridine rings is 1. The van der Waals surface area contributed by atoms with Crippen LogP contribution < -0.4 is 4.90 Å². The number of morpholine rings is 1. The van der Waals surface area contributed by atoms with Gasteiger partial charge in [0.25, 0.3) is 0 Å². The first-order valence-corrected chi connectivity index (χ1v) is 7.92. The third-order valence-electron chi connectivity index (χ3n) is 3.89. The second-order valence-corrected chi connectivity index (χ2v) is 5.91. The van der Waals surface area contributed by atoms with E-state index >= 15 is 0 Å². The number of amides is 1. The first-order valence-electron chi connectivity index (χ1n) is 7.92. The average Bonchev–Trinajstić information content (AvgIpc) is 2.63. The van der Waals surface area contributed by atoms with Gasteiger partial charge in [-0.3, -0.25) is 9.78 Å². The molecule has 0 bridgehead atoms. The monoisotopic (exact) mass is 327 g/mol. The average molecular weight is 327 g/mol. The SMILES string of the molecule is CN(C)c1nccc([C@@H]2CN(C(=O)Cc3cccnc3)CCO2)n1. The van der Waals surface area contributed by atoms with Crippen LogP contribution in [0.1, 0.15) is 17.4 Å². The Bertz CT molecular complexity index is 692. The Hall–Kier alpha value is -2.54. The fourth-order valence-electron chi connectivity index (χ4n) is 2.60. The van der Waals surface area contributed by atoms with Crippen LogP contribution in [-0.4, -0.2) is 59.6 Å². The van der Waals surface area contributed by atoms with E-state index < -0.39 is 0 Å². The van der Waals surface area contributed by atoms with E-state index in [0.717, 1.165) is 11.3 Å². The number of nitrogens with zero attached hydrogens (tertiary/aromatic N) is 5. The standard InChI is InChI=1S/C17H21N5O2/c1-21(2)17-19-7-5-14(20-17)15-12-22(8-9-24-15)16(23)10-13-4-3-6-18-11-13/h3-7,11,15H,8-10,12H2,1-2H3/t15-/m0/s1. The number of aromatic nitrogens is 3. The van der Waals surface area contributed by atoms with Gasteiger partial charge in [0.1, 0.15) is 6.10 Å². The van der Waals surface area contributed by atoms with Crippen molar-refractivity contribution in [2.24, 2.45) is 0 Å². The number of carbonyl (C=O) groups is 1. The molecule has 1 aliphatic heterocycles. The fraction of sp³-hybridized carbons (Fsp3) is 0.412. The molecule has 0 spiro atoms. The van der Waals surface area contributed by atoms with Crippen molar-refractivity contribution in [3.8, 4) is 0 Å². The number of anilines is 1. The van der Waals surface area contributed by atoms with Crippen LogP contribution in [0, 0.1) is 0 Å². The smallest absolute Gasteiger partial charge is 0.227 e. The summed E-state index contributed by atoms with van der Waals surface area (Å²) in [5.41, 5.74) is 1.72.